The molecule has 0 fully saturated rings. The topological polar surface area (TPSA) is 96.7 Å². The molecule has 6 nitrogen and oxygen atoms in total. The summed E-state index contributed by atoms with van der Waals surface area (Å²) in [6.07, 6.45) is 0.154. The smallest absolute Gasteiger partial charge is 0.315 e. The van der Waals surface area contributed by atoms with Crippen molar-refractivity contribution in [2.24, 2.45) is 0 Å². The summed E-state index contributed by atoms with van der Waals surface area (Å²) >= 11 is 0. The van der Waals surface area contributed by atoms with Crippen molar-refractivity contribution in [1.29, 1.82) is 5.41 Å². The van der Waals surface area contributed by atoms with Gasteiger partial charge in [0.1, 0.15) is 6.42 Å². The van der Waals surface area contributed by atoms with E-state index in [1.54, 1.807) is 20.8 Å². The number of nitrogens with one attached hydrogen (secondary N) is 1. The highest BCUT2D eigenvalue weighted by Gasteiger charge is 2.06. The van der Waals surface area contributed by atoms with Gasteiger partial charge in [-0.2, -0.15) is 0 Å². The molecule has 0 atom stereocenters. The van der Waals surface area contributed by atoms with E-state index in [1.165, 1.54) is 0 Å². The minimum atomic E-state index is -0.745. The average Bonchev–Trinajstić information content (AvgIpc) is 2.19. The number of rotatable bonds is 5. The molecule has 0 aromatic heterocycles. The number of halogens is 1. The molecule has 7 heteroatoms. The zero-order chi connectivity index (χ0) is 13.0. The summed E-state index contributed by atoms with van der Waals surface area (Å²) in [5.74, 6) is -1.19. The van der Waals surface area contributed by atoms with E-state index in [9.17, 15) is 9.59 Å². The number of hydrogen-bond donors (Lipinski definition) is 2. The van der Waals surface area contributed by atoms with Gasteiger partial charge in [-0.1, -0.05) is 6.92 Å². The maximum Gasteiger partial charge on any atom is 0.315 e. The lowest BCUT2D eigenvalue weighted by Crippen LogP contribution is -2.12. The maximum absolute atomic E-state index is 10.7. The number of aliphatic carboxylic acids is 1. The van der Waals surface area contributed by atoms with Crippen molar-refractivity contribution in [3.8, 4) is 0 Å². The molecule has 0 amide bonds. The normalized spacial score (nSPS) is 7.94. The second kappa shape index (κ2) is 14.7. The lowest BCUT2D eigenvalue weighted by atomic mass is 10.4. The van der Waals surface area contributed by atoms with E-state index in [0.29, 0.717) is 13.2 Å². The Hall–Kier alpha value is -1.30. The van der Waals surface area contributed by atoms with Gasteiger partial charge in [0.2, 0.25) is 0 Å². The van der Waals surface area contributed by atoms with Gasteiger partial charge in [0.05, 0.1) is 13.2 Å². The van der Waals surface area contributed by atoms with E-state index in [4.69, 9.17) is 15.3 Å². The fraction of sp³-hybridized carbons (Fsp3) is 0.700. The third kappa shape index (κ3) is 20.7. The minimum absolute atomic E-state index is 0. The molecule has 0 bridgehead atoms. The largest absolute Gasteiger partial charge is 0.481 e. The summed E-state index contributed by atoms with van der Waals surface area (Å²) in [6.45, 7) is 5.85. The highest BCUT2D eigenvalue weighted by molar-refractivity contribution is 5.92. The SMILES string of the molecule is CCC(=O)O.CCOC(=N)CC(=O)OCC.Cl. The lowest BCUT2D eigenvalue weighted by molar-refractivity contribution is -0.142. The Morgan fingerprint density at radius 2 is 1.53 bits per heavy atom. The van der Waals surface area contributed by atoms with Crippen molar-refractivity contribution in [2.75, 3.05) is 13.2 Å². The molecule has 0 aliphatic carbocycles. The van der Waals surface area contributed by atoms with Crippen LogP contribution in [-0.2, 0) is 19.1 Å². The van der Waals surface area contributed by atoms with Crippen LogP contribution in [0.15, 0.2) is 0 Å². The number of ether oxygens (including phenoxy) is 2. The van der Waals surface area contributed by atoms with Crippen LogP contribution in [0.3, 0.4) is 0 Å². The predicted molar refractivity (Wildman–Crippen MR) is 65.8 cm³/mol. The lowest BCUT2D eigenvalue weighted by Gasteiger charge is -2.03. The number of carboxylic acid groups (broad SMARTS) is 1. The molecule has 0 spiro atoms. The van der Waals surface area contributed by atoms with Crippen molar-refractivity contribution in [1.82, 2.24) is 0 Å². The van der Waals surface area contributed by atoms with Crippen molar-refractivity contribution in [2.45, 2.75) is 33.6 Å². The molecule has 0 unspecified atom stereocenters. The van der Waals surface area contributed by atoms with Gasteiger partial charge in [0, 0.05) is 6.42 Å². The van der Waals surface area contributed by atoms with E-state index in [-0.39, 0.29) is 31.1 Å². The first-order valence-electron chi connectivity index (χ1n) is 5.05. The number of esters is 1. The van der Waals surface area contributed by atoms with Crippen LogP contribution in [0, 0.1) is 5.41 Å². The van der Waals surface area contributed by atoms with E-state index < -0.39 is 11.9 Å². The fourth-order valence-corrected chi connectivity index (χ4v) is 0.568. The molecule has 0 heterocycles. The van der Waals surface area contributed by atoms with E-state index >= 15 is 0 Å². The van der Waals surface area contributed by atoms with Crippen molar-refractivity contribution in [3.63, 3.8) is 0 Å². The Morgan fingerprint density at radius 1 is 1.12 bits per heavy atom. The van der Waals surface area contributed by atoms with Crippen LogP contribution in [0.25, 0.3) is 0 Å². The minimum Gasteiger partial charge on any atom is -0.481 e. The summed E-state index contributed by atoms with van der Waals surface area (Å²) in [7, 11) is 0. The van der Waals surface area contributed by atoms with Crippen LogP contribution in [-0.4, -0.2) is 36.2 Å². The molecule has 2 N–H and O–H groups in total. The Balaban J connectivity index is -0.000000280. The summed E-state index contributed by atoms with van der Waals surface area (Å²) in [6, 6.07) is 0. The molecule has 0 rings (SSSR count). The summed E-state index contributed by atoms with van der Waals surface area (Å²) in [5.41, 5.74) is 0. The van der Waals surface area contributed by atoms with Gasteiger partial charge >= 0.3 is 11.9 Å². The van der Waals surface area contributed by atoms with Gasteiger partial charge in [-0.3, -0.25) is 15.0 Å². The molecule has 0 saturated carbocycles. The number of hydrogen-bond acceptors (Lipinski definition) is 5. The van der Waals surface area contributed by atoms with Crippen LogP contribution in [0.1, 0.15) is 33.6 Å². The second-order valence-corrected chi connectivity index (χ2v) is 2.59. The van der Waals surface area contributed by atoms with Crippen molar-refractivity contribution in [3.05, 3.63) is 0 Å². The molecule has 0 aliphatic heterocycles. The molecule has 0 saturated heterocycles. The van der Waals surface area contributed by atoms with Crippen molar-refractivity contribution < 1.29 is 24.2 Å². The van der Waals surface area contributed by atoms with Gasteiger partial charge in [-0.05, 0) is 13.8 Å². The Bertz CT molecular complexity index is 217. The number of carbonyl (C=O) groups is 2. The first-order valence-corrected chi connectivity index (χ1v) is 5.05. The van der Waals surface area contributed by atoms with Crippen molar-refractivity contribution >= 4 is 30.2 Å². The molecule has 0 aromatic rings. The third-order valence-corrected chi connectivity index (χ3v) is 1.23. The standard InChI is InChI=1S/C7H13NO3.C3H6O2.ClH/c1-3-10-6(8)5-7(9)11-4-2;1-2-3(4)5;/h8H,3-5H2,1-2H3;2H2,1H3,(H,4,5);1H. The van der Waals surface area contributed by atoms with Crippen LogP contribution in [0.2, 0.25) is 0 Å². The van der Waals surface area contributed by atoms with Crippen LogP contribution in [0.5, 0.6) is 0 Å². The molecule has 0 radical (unpaired) electrons. The maximum atomic E-state index is 10.7. The van der Waals surface area contributed by atoms with Gasteiger partial charge in [-0.15, -0.1) is 12.4 Å². The molecule has 17 heavy (non-hydrogen) atoms. The quantitative estimate of drug-likeness (QED) is 0.451. The summed E-state index contributed by atoms with van der Waals surface area (Å²) in [4.78, 5) is 20.1. The summed E-state index contributed by atoms with van der Waals surface area (Å²) in [5, 5.41) is 14.8. The van der Waals surface area contributed by atoms with Gasteiger partial charge in [0.15, 0.2) is 5.90 Å². The fourth-order valence-electron chi connectivity index (χ4n) is 0.568. The Morgan fingerprint density at radius 3 is 1.82 bits per heavy atom. The molecular weight excluding hydrogens is 250 g/mol. The van der Waals surface area contributed by atoms with Crippen LogP contribution in [0.4, 0.5) is 0 Å². The number of carbonyl (C=O) groups excluding carboxylic acids is 1. The molecule has 0 aliphatic rings. The third-order valence-electron chi connectivity index (χ3n) is 1.23. The van der Waals surface area contributed by atoms with Crippen LogP contribution < -0.4 is 0 Å². The number of carboxylic acids is 1. The zero-order valence-corrected chi connectivity index (χ0v) is 11.1. The first kappa shape index (κ1) is 21.0. The first-order chi connectivity index (χ1) is 7.47. The average molecular weight is 270 g/mol. The highest BCUT2D eigenvalue weighted by Crippen LogP contribution is 1.90. The van der Waals surface area contributed by atoms with E-state index in [2.05, 4.69) is 4.74 Å². The zero-order valence-electron chi connectivity index (χ0n) is 10.3. The Kier molecular flexibility index (Phi) is 18.2. The molecule has 0 aromatic carbocycles. The second-order valence-electron chi connectivity index (χ2n) is 2.59. The summed E-state index contributed by atoms with van der Waals surface area (Å²) < 4.78 is 9.34. The molecular formula is C10H20ClNO5. The highest BCUT2D eigenvalue weighted by atomic mass is 35.5. The Labute approximate surface area is 107 Å². The predicted octanol–water partition coefficient (Wildman–Crippen LogP) is 1.86. The molecule has 102 valence electrons. The van der Waals surface area contributed by atoms with E-state index in [0.717, 1.165) is 0 Å². The van der Waals surface area contributed by atoms with Crippen LogP contribution >= 0.6 is 12.4 Å². The van der Waals surface area contributed by atoms with Gasteiger partial charge in [0.25, 0.3) is 0 Å². The van der Waals surface area contributed by atoms with E-state index in [1.807, 2.05) is 0 Å². The monoisotopic (exact) mass is 269 g/mol. The van der Waals surface area contributed by atoms with Gasteiger partial charge < -0.3 is 14.6 Å². The van der Waals surface area contributed by atoms with Gasteiger partial charge in [-0.25, -0.2) is 0 Å².